The molecule has 0 unspecified atom stereocenters. The highest BCUT2D eigenvalue weighted by molar-refractivity contribution is 7.92. The maximum absolute atomic E-state index is 11.4. The average molecular weight is 283 g/mol. The highest BCUT2D eigenvalue weighted by Crippen LogP contribution is 2.24. The Labute approximate surface area is 96.3 Å². The van der Waals surface area contributed by atoms with Crippen molar-refractivity contribution < 1.29 is 17.8 Å². The van der Waals surface area contributed by atoms with Gasteiger partial charge in [-0.15, -0.1) is 11.3 Å². The van der Waals surface area contributed by atoms with Crippen LogP contribution in [0.1, 0.15) is 9.67 Å². The van der Waals surface area contributed by atoms with Crippen LogP contribution in [0.15, 0.2) is 16.3 Å². The summed E-state index contributed by atoms with van der Waals surface area (Å²) in [5.41, 5.74) is 9.91. The molecule has 0 saturated heterocycles. The highest BCUT2D eigenvalue weighted by Gasteiger charge is 2.18. The van der Waals surface area contributed by atoms with Gasteiger partial charge in [0.25, 0.3) is 5.91 Å². The summed E-state index contributed by atoms with van der Waals surface area (Å²) in [6, 6.07) is 2.58. The number of thiophene rings is 1. The average Bonchev–Trinajstić information content (AvgIpc) is 2.46. The van der Waals surface area contributed by atoms with Crippen molar-refractivity contribution in [1.29, 1.82) is 0 Å². The lowest BCUT2D eigenvalue weighted by molar-refractivity contribution is 0.0984. The summed E-state index contributed by atoms with van der Waals surface area (Å²) in [6.45, 7) is 0. The summed E-state index contributed by atoms with van der Waals surface area (Å²) >= 11 is 0.756. The van der Waals surface area contributed by atoms with Gasteiger partial charge in [-0.05, 0) is 12.1 Å². The number of nitrogens with two attached hydrogens (primary N) is 2. The number of hydrogen-bond donors (Lipinski definition) is 3. The lowest BCUT2D eigenvalue weighted by Crippen LogP contribution is -2.27. The Morgan fingerprint density at radius 3 is 2.38 bits per heavy atom. The van der Waals surface area contributed by atoms with Gasteiger partial charge in [-0.25, -0.2) is 8.42 Å². The third-order valence-electron chi connectivity index (χ3n) is 1.45. The molecule has 0 radical (unpaired) electrons. The van der Waals surface area contributed by atoms with Crippen LogP contribution in [0.3, 0.4) is 0 Å². The molecule has 0 aliphatic heterocycles. The zero-order chi connectivity index (χ0) is 12.6. The molecule has 16 heavy (non-hydrogen) atoms. The maximum atomic E-state index is 11.4. The topological polar surface area (TPSA) is 132 Å². The fraction of sp³-hybridized carbons (Fsp3) is 0.167. The van der Waals surface area contributed by atoms with Gasteiger partial charge in [-0.1, -0.05) is 0 Å². The van der Waals surface area contributed by atoms with Crippen molar-refractivity contribution in [2.75, 3.05) is 6.26 Å². The van der Waals surface area contributed by atoms with Crippen LogP contribution in [0.25, 0.3) is 0 Å². The molecule has 1 amide bonds. The summed E-state index contributed by atoms with van der Waals surface area (Å²) < 4.78 is 33.2. The van der Waals surface area contributed by atoms with Crippen LogP contribution in [0, 0.1) is 0 Å². The Morgan fingerprint density at radius 1 is 1.44 bits per heavy atom. The molecule has 0 aliphatic carbocycles. The molecule has 0 aliphatic rings. The highest BCUT2D eigenvalue weighted by atomic mass is 32.2. The third kappa shape index (κ3) is 3.69. The van der Waals surface area contributed by atoms with Gasteiger partial charge in [0.15, 0.2) is 9.84 Å². The standard InChI is InChI=1S/C6H10N3O4PS2/c1-16(12,13)5-3-2-4(15-5)6(10)9-14(7,8)11/h2-3H,1H3,(H5,7,8,9,10,11). The molecule has 0 atom stereocenters. The predicted octanol–water partition coefficient (Wildman–Crippen LogP) is -0.0931. The SMILES string of the molecule is CS(=O)(=O)c1ccc(C(=O)NP(N)(N)=O)s1. The van der Waals surface area contributed by atoms with Gasteiger partial charge < -0.3 is 0 Å². The number of rotatable bonds is 3. The molecular weight excluding hydrogens is 273 g/mol. The monoisotopic (exact) mass is 283 g/mol. The molecule has 0 saturated carbocycles. The minimum Gasteiger partial charge on any atom is -0.279 e. The molecule has 5 N–H and O–H groups in total. The molecule has 0 fully saturated rings. The van der Waals surface area contributed by atoms with Crippen LogP contribution in [0.4, 0.5) is 0 Å². The first-order chi connectivity index (χ1) is 7.09. The van der Waals surface area contributed by atoms with Crippen molar-refractivity contribution >= 4 is 34.7 Å². The molecule has 10 heteroatoms. The second kappa shape index (κ2) is 4.27. The van der Waals surface area contributed by atoms with E-state index in [1.807, 2.05) is 5.09 Å². The van der Waals surface area contributed by atoms with Crippen LogP contribution >= 0.6 is 18.9 Å². The normalized spacial score (nSPS) is 12.4. The first-order valence-electron chi connectivity index (χ1n) is 3.89. The Morgan fingerprint density at radius 2 is 2.00 bits per heavy atom. The first-order valence-corrected chi connectivity index (χ1v) is 8.44. The zero-order valence-electron chi connectivity index (χ0n) is 8.21. The van der Waals surface area contributed by atoms with E-state index in [9.17, 15) is 17.8 Å². The van der Waals surface area contributed by atoms with Crippen LogP contribution in [0.5, 0.6) is 0 Å². The van der Waals surface area contributed by atoms with Gasteiger partial charge in [-0.2, -0.15) is 0 Å². The zero-order valence-corrected chi connectivity index (χ0v) is 10.7. The molecule has 1 heterocycles. The van der Waals surface area contributed by atoms with Gasteiger partial charge in [0, 0.05) is 6.26 Å². The van der Waals surface area contributed by atoms with E-state index < -0.39 is 23.3 Å². The summed E-state index contributed by atoms with van der Waals surface area (Å²) in [5, 5.41) is 1.89. The van der Waals surface area contributed by atoms with Crippen LogP contribution in [-0.4, -0.2) is 20.6 Å². The van der Waals surface area contributed by atoms with Crippen LogP contribution < -0.4 is 16.1 Å². The molecule has 0 aromatic carbocycles. The number of carbonyl (C=O) groups excluding carboxylic acids is 1. The van der Waals surface area contributed by atoms with Crippen LogP contribution in [-0.2, 0) is 14.4 Å². The molecular formula is C6H10N3O4PS2. The van der Waals surface area contributed by atoms with E-state index in [2.05, 4.69) is 0 Å². The maximum Gasteiger partial charge on any atom is 0.300 e. The predicted molar refractivity (Wildman–Crippen MR) is 60.9 cm³/mol. The first kappa shape index (κ1) is 13.3. The van der Waals surface area contributed by atoms with E-state index in [0.717, 1.165) is 17.6 Å². The minimum absolute atomic E-state index is 0.0431. The fourth-order valence-electron chi connectivity index (χ4n) is 0.855. The van der Waals surface area contributed by atoms with Crippen molar-refractivity contribution in [2.24, 2.45) is 11.0 Å². The molecule has 1 aromatic rings. The Kier molecular flexibility index (Phi) is 3.56. The number of sulfone groups is 1. The van der Waals surface area contributed by atoms with Crippen molar-refractivity contribution in [3.05, 3.63) is 17.0 Å². The molecule has 0 bridgehead atoms. The van der Waals surface area contributed by atoms with Crippen molar-refractivity contribution in [3.63, 3.8) is 0 Å². The number of amides is 1. The van der Waals surface area contributed by atoms with E-state index in [4.69, 9.17) is 11.0 Å². The van der Waals surface area contributed by atoms with E-state index >= 15 is 0 Å². The fourth-order valence-corrected chi connectivity index (χ4v) is 3.19. The summed E-state index contributed by atoms with van der Waals surface area (Å²) in [5.74, 6) is -0.756. The molecule has 1 aromatic heterocycles. The largest absolute Gasteiger partial charge is 0.300 e. The molecule has 0 spiro atoms. The van der Waals surface area contributed by atoms with Crippen molar-refractivity contribution in [2.45, 2.75) is 4.21 Å². The lowest BCUT2D eigenvalue weighted by Gasteiger charge is -2.06. The van der Waals surface area contributed by atoms with Gasteiger partial charge in [0.2, 0.25) is 0 Å². The Balaban J connectivity index is 2.96. The lowest BCUT2D eigenvalue weighted by atomic mass is 10.5. The van der Waals surface area contributed by atoms with E-state index in [1.165, 1.54) is 12.1 Å². The summed E-state index contributed by atoms with van der Waals surface area (Å²) in [6.07, 6.45) is 1.03. The Bertz CT molecular complexity index is 558. The minimum atomic E-state index is -3.66. The van der Waals surface area contributed by atoms with E-state index in [0.29, 0.717) is 0 Å². The second-order valence-corrected chi connectivity index (χ2v) is 8.01. The van der Waals surface area contributed by atoms with Gasteiger partial charge >= 0.3 is 7.59 Å². The van der Waals surface area contributed by atoms with E-state index in [1.54, 1.807) is 0 Å². The molecule has 7 nitrogen and oxygen atoms in total. The summed E-state index contributed by atoms with van der Waals surface area (Å²) in [7, 11) is -7.01. The van der Waals surface area contributed by atoms with Crippen LogP contribution in [0.2, 0.25) is 0 Å². The third-order valence-corrected chi connectivity index (χ3v) is 4.90. The van der Waals surface area contributed by atoms with Gasteiger partial charge in [0.1, 0.15) is 4.21 Å². The molecule has 1 rings (SSSR count). The number of carbonyl (C=O) groups is 1. The second-order valence-electron chi connectivity index (χ2n) is 3.04. The van der Waals surface area contributed by atoms with Crippen molar-refractivity contribution in [1.82, 2.24) is 5.09 Å². The van der Waals surface area contributed by atoms with E-state index in [-0.39, 0.29) is 9.09 Å². The Hall–Kier alpha value is -0.730. The van der Waals surface area contributed by atoms with Gasteiger partial charge in [-0.3, -0.25) is 25.5 Å². The molecule has 90 valence electrons. The number of nitrogens with one attached hydrogen (secondary N) is 1. The van der Waals surface area contributed by atoms with Gasteiger partial charge in [0.05, 0.1) is 4.88 Å². The quantitative estimate of drug-likeness (QED) is 0.664. The van der Waals surface area contributed by atoms with Crippen molar-refractivity contribution in [3.8, 4) is 0 Å². The summed E-state index contributed by atoms with van der Waals surface area (Å²) in [4.78, 5) is 11.5. The smallest absolute Gasteiger partial charge is 0.279 e. The number of hydrogen-bond acceptors (Lipinski definition) is 5.